The number of para-hydroxylation sites is 1. The summed E-state index contributed by atoms with van der Waals surface area (Å²) in [5, 5.41) is 2.82. The summed E-state index contributed by atoms with van der Waals surface area (Å²) in [7, 11) is 3.01. The molecule has 0 spiro atoms. The lowest BCUT2D eigenvalue weighted by molar-refractivity contribution is 0.0950. The molecule has 0 saturated heterocycles. The highest BCUT2D eigenvalue weighted by Gasteiger charge is 2.15. The Morgan fingerprint density at radius 1 is 1.22 bits per heavy atom. The molecule has 6 heteroatoms. The van der Waals surface area contributed by atoms with E-state index in [9.17, 15) is 9.18 Å². The van der Waals surface area contributed by atoms with E-state index in [-0.39, 0.29) is 11.7 Å². The molecule has 0 fully saturated rings. The lowest BCUT2D eigenvalue weighted by atomic mass is 10.1. The van der Waals surface area contributed by atoms with Crippen LogP contribution in [0.25, 0.3) is 0 Å². The Labute approximate surface area is 142 Å². The van der Waals surface area contributed by atoms with Crippen LogP contribution in [0, 0.1) is 5.82 Å². The van der Waals surface area contributed by atoms with E-state index in [1.165, 1.54) is 20.3 Å². The van der Waals surface area contributed by atoms with Crippen molar-refractivity contribution >= 4 is 21.8 Å². The van der Waals surface area contributed by atoms with E-state index in [2.05, 4.69) is 21.2 Å². The third kappa shape index (κ3) is 4.22. The van der Waals surface area contributed by atoms with Gasteiger partial charge in [-0.05, 0) is 52.2 Å². The predicted molar refractivity (Wildman–Crippen MR) is 89.7 cm³/mol. The minimum Gasteiger partial charge on any atom is -0.493 e. The molecule has 122 valence electrons. The first-order chi connectivity index (χ1) is 11.1. The quantitative estimate of drug-likeness (QED) is 0.831. The van der Waals surface area contributed by atoms with Crippen molar-refractivity contribution in [3.05, 3.63) is 57.8 Å². The number of rotatable bonds is 6. The average molecular weight is 382 g/mol. The molecular formula is C17H17BrFNO3. The van der Waals surface area contributed by atoms with Crippen molar-refractivity contribution in [2.45, 2.75) is 6.42 Å². The molecule has 0 aliphatic rings. The zero-order chi connectivity index (χ0) is 16.8. The summed E-state index contributed by atoms with van der Waals surface area (Å²) in [5.74, 6) is 0.348. The van der Waals surface area contributed by atoms with E-state index in [1.807, 2.05) is 0 Å². The molecule has 4 nitrogen and oxygen atoms in total. The number of carbonyl (C=O) groups is 1. The van der Waals surface area contributed by atoms with E-state index in [1.54, 1.807) is 30.3 Å². The van der Waals surface area contributed by atoms with Crippen LogP contribution in [-0.2, 0) is 6.42 Å². The second kappa shape index (κ2) is 7.97. The van der Waals surface area contributed by atoms with Gasteiger partial charge in [-0.15, -0.1) is 0 Å². The van der Waals surface area contributed by atoms with Crippen molar-refractivity contribution < 1.29 is 18.7 Å². The Balaban J connectivity index is 2.01. The maximum atomic E-state index is 13.2. The molecule has 0 atom stereocenters. The zero-order valence-electron chi connectivity index (χ0n) is 12.9. The van der Waals surface area contributed by atoms with Crippen LogP contribution >= 0.6 is 15.9 Å². The van der Waals surface area contributed by atoms with Crippen LogP contribution in [-0.4, -0.2) is 26.7 Å². The van der Waals surface area contributed by atoms with Crippen LogP contribution in [0.1, 0.15) is 15.9 Å². The third-order valence-electron chi connectivity index (χ3n) is 3.33. The number of ether oxygens (including phenoxy) is 2. The first-order valence-electron chi connectivity index (χ1n) is 7.00. The number of hydrogen-bond donors (Lipinski definition) is 1. The number of amides is 1. The first kappa shape index (κ1) is 17.3. The van der Waals surface area contributed by atoms with Crippen LogP contribution in [0.5, 0.6) is 11.5 Å². The number of benzene rings is 2. The lowest BCUT2D eigenvalue weighted by Crippen LogP contribution is -2.26. The topological polar surface area (TPSA) is 47.6 Å². The van der Waals surface area contributed by atoms with Crippen molar-refractivity contribution in [1.82, 2.24) is 5.32 Å². The van der Waals surface area contributed by atoms with E-state index >= 15 is 0 Å². The van der Waals surface area contributed by atoms with Gasteiger partial charge in [-0.1, -0.05) is 12.1 Å². The molecule has 0 radical (unpaired) electrons. The van der Waals surface area contributed by atoms with Gasteiger partial charge in [0, 0.05) is 6.54 Å². The molecule has 0 saturated carbocycles. The van der Waals surface area contributed by atoms with Crippen LogP contribution in [0.4, 0.5) is 4.39 Å². The molecule has 2 rings (SSSR count). The number of hydrogen-bond acceptors (Lipinski definition) is 3. The van der Waals surface area contributed by atoms with Gasteiger partial charge in [-0.2, -0.15) is 0 Å². The van der Waals surface area contributed by atoms with E-state index in [0.717, 1.165) is 5.56 Å². The summed E-state index contributed by atoms with van der Waals surface area (Å²) in [4.78, 5) is 12.3. The zero-order valence-corrected chi connectivity index (χ0v) is 14.4. The molecule has 23 heavy (non-hydrogen) atoms. The van der Waals surface area contributed by atoms with Crippen molar-refractivity contribution in [1.29, 1.82) is 0 Å². The van der Waals surface area contributed by atoms with E-state index in [4.69, 9.17) is 9.47 Å². The Kier molecular flexibility index (Phi) is 5.98. The molecule has 0 aliphatic carbocycles. The summed E-state index contributed by atoms with van der Waals surface area (Å²) in [6.45, 7) is 0.428. The molecule has 2 aromatic rings. The van der Waals surface area contributed by atoms with Gasteiger partial charge in [0.25, 0.3) is 5.91 Å². The number of nitrogens with one attached hydrogen (secondary N) is 1. The van der Waals surface area contributed by atoms with Gasteiger partial charge in [0.15, 0.2) is 11.5 Å². The van der Waals surface area contributed by atoms with Gasteiger partial charge in [-0.25, -0.2) is 4.39 Å². The summed E-state index contributed by atoms with van der Waals surface area (Å²) in [6.07, 6.45) is 0.594. The Morgan fingerprint density at radius 2 is 2.00 bits per heavy atom. The number of methoxy groups -OCH3 is 2. The SMILES string of the molecule is COc1cccc(C(=O)NCCc2ccc(F)c(Br)c2)c1OC. The van der Waals surface area contributed by atoms with Gasteiger partial charge in [0.1, 0.15) is 5.82 Å². The molecule has 0 aromatic heterocycles. The highest BCUT2D eigenvalue weighted by atomic mass is 79.9. The molecule has 1 amide bonds. The molecule has 0 unspecified atom stereocenters. The molecule has 0 bridgehead atoms. The molecular weight excluding hydrogens is 365 g/mol. The van der Waals surface area contributed by atoms with Crippen molar-refractivity contribution in [3.8, 4) is 11.5 Å². The van der Waals surface area contributed by atoms with Crippen LogP contribution in [0.3, 0.4) is 0 Å². The smallest absolute Gasteiger partial charge is 0.255 e. The van der Waals surface area contributed by atoms with E-state index in [0.29, 0.717) is 34.5 Å². The van der Waals surface area contributed by atoms with Crippen molar-refractivity contribution in [3.63, 3.8) is 0 Å². The van der Waals surface area contributed by atoms with Crippen molar-refractivity contribution in [2.24, 2.45) is 0 Å². The summed E-state index contributed by atoms with van der Waals surface area (Å²) < 4.78 is 24.0. The first-order valence-corrected chi connectivity index (χ1v) is 7.79. The fourth-order valence-corrected chi connectivity index (χ4v) is 2.60. The summed E-state index contributed by atoms with van der Waals surface area (Å²) in [6, 6.07) is 9.92. The maximum Gasteiger partial charge on any atom is 0.255 e. The normalized spacial score (nSPS) is 10.3. The maximum absolute atomic E-state index is 13.2. The molecule has 0 heterocycles. The van der Waals surface area contributed by atoms with E-state index < -0.39 is 0 Å². The Morgan fingerprint density at radius 3 is 2.65 bits per heavy atom. The molecule has 2 aromatic carbocycles. The number of carbonyl (C=O) groups excluding carboxylic acids is 1. The van der Waals surface area contributed by atoms with Gasteiger partial charge < -0.3 is 14.8 Å². The molecule has 0 aliphatic heterocycles. The van der Waals surface area contributed by atoms with Gasteiger partial charge >= 0.3 is 0 Å². The summed E-state index contributed by atoms with van der Waals surface area (Å²) >= 11 is 3.15. The van der Waals surface area contributed by atoms with Crippen molar-refractivity contribution in [2.75, 3.05) is 20.8 Å². The molecule has 1 N–H and O–H groups in total. The standard InChI is InChI=1S/C17H17BrFNO3/c1-22-15-5-3-4-12(16(15)23-2)17(21)20-9-8-11-6-7-14(19)13(18)10-11/h3-7,10H,8-9H2,1-2H3,(H,20,21). The highest BCUT2D eigenvalue weighted by Crippen LogP contribution is 2.30. The fourth-order valence-electron chi connectivity index (χ4n) is 2.18. The summed E-state index contributed by atoms with van der Waals surface area (Å²) in [5.41, 5.74) is 1.34. The monoisotopic (exact) mass is 381 g/mol. The second-order valence-corrected chi connectivity index (χ2v) is 5.65. The minimum atomic E-state index is -0.307. The van der Waals surface area contributed by atoms with Crippen LogP contribution in [0.2, 0.25) is 0 Å². The minimum absolute atomic E-state index is 0.248. The largest absolute Gasteiger partial charge is 0.493 e. The van der Waals surface area contributed by atoms with Crippen LogP contribution in [0.15, 0.2) is 40.9 Å². The van der Waals surface area contributed by atoms with Gasteiger partial charge in [-0.3, -0.25) is 4.79 Å². The highest BCUT2D eigenvalue weighted by molar-refractivity contribution is 9.10. The Bertz CT molecular complexity index is 706. The fraction of sp³-hybridized carbons (Fsp3) is 0.235. The second-order valence-electron chi connectivity index (χ2n) is 4.80. The number of halogens is 2. The predicted octanol–water partition coefficient (Wildman–Crippen LogP) is 3.58. The van der Waals surface area contributed by atoms with Gasteiger partial charge in [0.05, 0.1) is 24.3 Å². The van der Waals surface area contributed by atoms with Gasteiger partial charge in [0.2, 0.25) is 0 Å². The third-order valence-corrected chi connectivity index (χ3v) is 3.94. The average Bonchev–Trinajstić information content (AvgIpc) is 2.57. The Hall–Kier alpha value is -2.08. The van der Waals surface area contributed by atoms with Crippen LogP contribution < -0.4 is 14.8 Å². The lowest BCUT2D eigenvalue weighted by Gasteiger charge is -2.12.